The van der Waals surface area contributed by atoms with Gasteiger partial charge in [0.2, 0.25) is 0 Å². The van der Waals surface area contributed by atoms with Crippen LogP contribution in [0.5, 0.6) is 0 Å². The number of carbonyl (C=O) groups excluding carboxylic acids is 1. The monoisotopic (exact) mass is 280 g/mol. The van der Waals surface area contributed by atoms with E-state index in [1.54, 1.807) is 17.9 Å². The Morgan fingerprint density at radius 1 is 1.65 bits per heavy atom. The summed E-state index contributed by atoms with van der Waals surface area (Å²) in [5.41, 5.74) is -0.0462. The van der Waals surface area contributed by atoms with E-state index >= 15 is 0 Å². The molecule has 20 heavy (non-hydrogen) atoms. The molecule has 8 nitrogen and oxygen atoms in total. The second-order valence-electron chi connectivity index (χ2n) is 4.43. The van der Waals surface area contributed by atoms with Crippen molar-refractivity contribution in [1.29, 1.82) is 0 Å². The fourth-order valence-corrected chi connectivity index (χ4v) is 2.05. The minimum Gasteiger partial charge on any atom is -0.450 e. The van der Waals surface area contributed by atoms with Gasteiger partial charge in [-0.3, -0.25) is 10.1 Å². The van der Waals surface area contributed by atoms with Gasteiger partial charge in [-0.05, 0) is 19.4 Å². The molecule has 1 saturated heterocycles. The van der Waals surface area contributed by atoms with Gasteiger partial charge >= 0.3 is 6.09 Å². The number of likely N-dealkylation sites (tertiary alicyclic amines) is 1. The van der Waals surface area contributed by atoms with Crippen LogP contribution >= 0.6 is 0 Å². The highest BCUT2D eigenvalue weighted by Gasteiger charge is 2.27. The van der Waals surface area contributed by atoms with Gasteiger partial charge in [0.1, 0.15) is 12.0 Å². The first-order valence-electron chi connectivity index (χ1n) is 6.39. The number of nitrogens with zero attached hydrogens (tertiary/aromatic N) is 3. The summed E-state index contributed by atoms with van der Waals surface area (Å²) < 4.78 is 4.94. The van der Waals surface area contributed by atoms with Gasteiger partial charge in [-0.15, -0.1) is 0 Å². The molecule has 1 aliphatic heterocycles. The van der Waals surface area contributed by atoms with Gasteiger partial charge in [0, 0.05) is 25.2 Å². The van der Waals surface area contributed by atoms with Crippen molar-refractivity contribution in [3.05, 3.63) is 28.4 Å². The highest BCUT2D eigenvalue weighted by molar-refractivity contribution is 5.68. The van der Waals surface area contributed by atoms with Gasteiger partial charge < -0.3 is 15.0 Å². The van der Waals surface area contributed by atoms with Crippen molar-refractivity contribution >= 4 is 17.6 Å². The lowest BCUT2D eigenvalue weighted by atomic mass is 10.2. The molecule has 1 amide bonds. The van der Waals surface area contributed by atoms with Crippen LogP contribution in [-0.4, -0.2) is 46.6 Å². The number of nitro groups is 1. The first-order valence-corrected chi connectivity index (χ1v) is 6.39. The lowest BCUT2D eigenvalue weighted by Gasteiger charge is -2.16. The number of nitrogens with one attached hydrogen (secondary N) is 1. The largest absolute Gasteiger partial charge is 0.450 e. The van der Waals surface area contributed by atoms with Crippen LogP contribution < -0.4 is 5.32 Å². The summed E-state index contributed by atoms with van der Waals surface area (Å²) in [7, 11) is 0. The van der Waals surface area contributed by atoms with Crippen LogP contribution in [0.1, 0.15) is 13.3 Å². The summed E-state index contributed by atoms with van der Waals surface area (Å²) in [6, 6.07) is 3.03. The smallest absolute Gasteiger partial charge is 0.409 e. The van der Waals surface area contributed by atoms with Gasteiger partial charge in [-0.2, -0.15) is 0 Å². The van der Waals surface area contributed by atoms with Crippen LogP contribution in [0.25, 0.3) is 0 Å². The number of carbonyl (C=O) groups is 1. The van der Waals surface area contributed by atoms with E-state index in [0.29, 0.717) is 25.5 Å². The molecule has 1 fully saturated rings. The van der Waals surface area contributed by atoms with Crippen LogP contribution in [0.15, 0.2) is 18.3 Å². The van der Waals surface area contributed by atoms with Crippen molar-refractivity contribution in [2.45, 2.75) is 19.4 Å². The maximum atomic E-state index is 11.5. The molecule has 1 unspecified atom stereocenters. The predicted octanol–water partition coefficient (Wildman–Crippen LogP) is 1.63. The summed E-state index contributed by atoms with van der Waals surface area (Å²) in [5.74, 6) is 0.561. The third kappa shape index (κ3) is 3.34. The molecule has 1 aromatic rings. The Morgan fingerprint density at radius 3 is 3.05 bits per heavy atom. The summed E-state index contributed by atoms with van der Waals surface area (Å²) in [6.07, 6.45) is 1.69. The van der Waals surface area contributed by atoms with E-state index in [2.05, 4.69) is 10.3 Å². The first kappa shape index (κ1) is 14.0. The van der Waals surface area contributed by atoms with Gasteiger partial charge in [0.25, 0.3) is 5.69 Å². The Morgan fingerprint density at radius 2 is 2.45 bits per heavy atom. The Bertz CT molecular complexity index is 491. The number of rotatable bonds is 4. The second kappa shape index (κ2) is 6.18. The number of amides is 1. The molecule has 0 aliphatic carbocycles. The molecule has 0 radical (unpaired) electrons. The summed E-state index contributed by atoms with van der Waals surface area (Å²) in [5, 5.41) is 13.7. The predicted molar refractivity (Wildman–Crippen MR) is 71.5 cm³/mol. The third-order valence-electron chi connectivity index (χ3n) is 3.02. The molecule has 2 rings (SSSR count). The van der Waals surface area contributed by atoms with Gasteiger partial charge in [-0.1, -0.05) is 0 Å². The Balaban J connectivity index is 1.88. The summed E-state index contributed by atoms with van der Waals surface area (Å²) in [6.45, 7) is 3.29. The van der Waals surface area contributed by atoms with E-state index in [4.69, 9.17) is 4.74 Å². The van der Waals surface area contributed by atoms with Crippen molar-refractivity contribution < 1.29 is 14.5 Å². The quantitative estimate of drug-likeness (QED) is 0.665. The third-order valence-corrected chi connectivity index (χ3v) is 3.02. The van der Waals surface area contributed by atoms with Crippen LogP contribution in [0.3, 0.4) is 0 Å². The molecular formula is C12H16N4O4. The molecule has 0 bridgehead atoms. The second-order valence-corrected chi connectivity index (χ2v) is 4.43. The normalized spacial score (nSPS) is 17.9. The van der Waals surface area contributed by atoms with Crippen LogP contribution in [0.2, 0.25) is 0 Å². The number of ether oxygens (including phenoxy) is 1. The standard InChI is InChI=1S/C12H16N4O4/c1-2-20-12(17)15-6-5-9(8-15)14-11-4-3-10(7-13-11)16(18)19/h3-4,7,9H,2,5-6,8H2,1H3,(H,13,14). The van der Waals surface area contributed by atoms with Gasteiger partial charge in [0.05, 0.1) is 11.5 Å². The average molecular weight is 280 g/mol. The Kier molecular flexibility index (Phi) is 4.34. The molecule has 1 N–H and O–H groups in total. The fourth-order valence-electron chi connectivity index (χ4n) is 2.05. The lowest BCUT2D eigenvalue weighted by molar-refractivity contribution is -0.385. The fraction of sp³-hybridized carbons (Fsp3) is 0.500. The zero-order valence-electron chi connectivity index (χ0n) is 11.1. The molecule has 0 saturated carbocycles. The topological polar surface area (TPSA) is 97.6 Å². The van der Waals surface area contributed by atoms with Gasteiger partial charge in [-0.25, -0.2) is 9.78 Å². The van der Waals surface area contributed by atoms with E-state index in [1.165, 1.54) is 12.3 Å². The highest BCUT2D eigenvalue weighted by atomic mass is 16.6. The zero-order chi connectivity index (χ0) is 14.5. The lowest BCUT2D eigenvalue weighted by Crippen LogP contribution is -2.32. The maximum Gasteiger partial charge on any atom is 0.409 e. The van der Waals surface area contributed by atoms with Crippen LogP contribution in [0.4, 0.5) is 16.3 Å². The van der Waals surface area contributed by atoms with Crippen LogP contribution in [-0.2, 0) is 4.74 Å². The maximum absolute atomic E-state index is 11.5. The highest BCUT2D eigenvalue weighted by Crippen LogP contribution is 2.17. The van der Waals surface area contributed by atoms with Crippen molar-refractivity contribution in [3.63, 3.8) is 0 Å². The van der Waals surface area contributed by atoms with E-state index in [-0.39, 0.29) is 17.8 Å². The average Bonchev–Trinajstić information content (AvgIpc) is 2.88. The molecule has 1 aliphatic rings. The first-order chi connectivity index (χ1) is 9.60. The van der Waals surface area contributed by atoms with Crippen LogP contribution in [0, 0.1) is 10.1 Å². The molecular weight excluding hydrogens is 264 g/mol. The van der Waals surface area contributed by atoms with Crippen molar-refractivity contribution in [2.75, 3.05) is 25.0 Å². The summed E-state index contributed by atoms with van der Waals surface area (Å²) in [4.78, 5) is 27.2. The molecule has 108 valence electrons. The Labute approximate surface area is 115 Å². The molecule has 8 heteroatoms. The number of pyridine rings is 1. The minimum atomic E-state index is -0.491. The van der Waals surface area contributed by atoms with E-state index in [1.807, 2.05) is 0 Å². The number of aromatic nitrogens is 1. The molecule has 2 heterocycles. The van der Waals surface area contributed by atoms with E-state index in [9.17, 15) is 14.9 Å². The minimum absolute atomic E-state index is 0.0462. The molecule has 0 spiro atoms. The van der Waals surface area contributed by atoms with Crippen molar-refractivity contribution in [1.82, 2.24) is 9.88 Å². The summed E-state index contributed by atoms with van der Waals surface area (Å²) >= 11 is 0. The molecule has 1 atom stereocenters. The van der Waals surface area contributed by atoms with E-state index in [0.717, 1.165) is 6.42 Å². The number of hydrogen-bond acceptors (Lipinski definition) is 6. The molecule has 1 aromatic heterocycles. The van der Waals surface area contributed by atoms with E-state index < -0.39 is 4.92 Å². The van der Waals surface area contributed by atoms with Crippen molar-refractivity contribution in [3.8, 4) is 0 Å². The zero-order valence-corrected chi connectivity index (χ0v) is 11.1. The van der Waals surface area contributed by atoms with Crippen molar-refractivity contribution in [2.24, 2.45) is 0 Å². The van der Waals surface area contributed by atoms with Gasteiger partial charge in [0.15, 0.2) is 0 Å². The number of anilines is 1. The SMILES string of the molecule is CCOC(=O)N1CCC(Nc2ccc([N+](=O)[O-])cn2)C1. The number of hydrogen-bond donors (Lipinski definition) is 1. The Hall–Kier alpha value is -2.38. The molecule has 0 aromatic carbocycles.